The number of aliphatic hydroxyl groups excluding tert-OH is 2. The molecule has 2 amide bonds. The van der Waals surface area contributed by atoms with Crippen LogP contribution in [0.15, 0.2) is 60.7 Å². The van der Waals surface area contributed by atoms with Crippen molar-refractivity contribution in [3.8, 4) is 28.4 Å². The Labute approximate surface area is 260 Å². The molecule has 0 radical (unpaired) electrons. The second kappa shape index (κ2) is 15.8. The summed E-state index contributed by atoms with van der Waals surface area (Å²) in [5.41, 5.74) is 8.04. The highest BCUT2D eigenvalue weighted by atomic mass is 16.6. The van der Waals surface area contributed by atoms with E-state index in [1.807, 2.05) is 0 Å². The fourth-order valence-electron chi connectivity index (χ4n) is 5.84. The molecule has 8 N–H and O–H groups in total. The van der Waals surface area contributed by atoms with E-state index in [9.17, 15) is 34.5 Å². The smallest absolute Gasteiger partial charge is 0.417 e. The molecule has 0 aliphatic heterocycles. The Balaban J connectivity index is 0.00000552. The van der Waals surface area contributed by atoms with Crippen molar-refractivity contribution in [2.75, 3.05) is 25.6 Å². The number of nitrogens with one attached hydrogen (secondary N) is 1. The maximum atomic E-state index is 13.3. The van der Waals surface area contributed by atoms with E-state index in [1.165, 1.54) is 6.07 Å². The van der Waals surface area contributed by atoms with Crippen LogP contribution in [0.4, 0.5) is 10.5 Å². The van der Waals surface area contributed by atoms with E-state index < -0.39 is 42.6 Å². The van der Waals surface area contributed by atoms with Crippen LogP contribution in [-0.4, -0.2) is 64.7 Å². The van der Waals surface area contributed by atoms with Crippen molar-refractivity contribution >= 4 is 29.3 Å². The minimum Gasteiger partial charge on any atom is -0.507 e. The second-order valence-corrected chi connectivity index (χ2v) is 10.9. The summed E-state index contributed by atoms with van der Waals surface area (Å²) in [4.78, 5) is 49.6. The highest BCUT2D eigenvalue weighted by molar-refractivity contribution is 6.03. The molecule has 0 aromatic heterocycles. The maximum Gasteiger partial charge on any atom is 0.417 e. The van der Waals surface area contributed by atoms with Crippen molar-refractivity contribution in [1.82, 2.24) is 0 Å². The predicted octanol–water partition coefficient (Wildman–Crippen LogP) is 3.04. The number of rotatable bonds is 13. The van der Waals surface area contributed by atoms with Crippen molar-refractivity contribution in [3.05, 3.63) is 71.8 Å². The lowest BCUT2D eigenvalue weighted by Gasteiger charge is -2.31. The van der Waals surface area contributed by atoms with Gasteiger partial charge in [-0.15, -0.1) is 0 Å². The van der Waals surface area contributed by atoms with Gasteiger partial charge in [-0.25, -0.2) is 4.79 Å². The maximum absolute atomic E-state index is 13.3. The molecule has 12 nitrogen and oxygen atoms in total. The molecule has 0 saturated heterocycles. The van der Waals surface area contributed by atoms with E-state index in [1.54, 1.807) is 61.7 Å². The zero-order valence-electron chi connectivity index (χ0n) is 24.8. The van der Waals surface area contributed by atoms with Gasteiger partial charge in [-0.3, -0.25) is 19.7 Å². The molecule has 3 atom stereocenters. The molecule has 12 heteroatoms. The lowest BCUT2D eigenvalue weighted by atomic mass is 9.72. The minimum atomic E-state index is -0.897. The summed E-state index contributed by atoms with van der Waals surface area (Å²) in [6.07, 6.45) is -0.116. The lowest BCUT2D eigenvalue weighted by molar-refractivity contribution is -0.131. The summed E-state index contributed by atoms with van der Waals surface area (Å²) in [5.74, 6) is -2.30. The van der Waals surface area contributed by atoms with Crippen molar-refractivity contribution in [3.63, 3.8) is 0 Å². The van der Waals surface area contributed by atoms with Crippen molar-refractivity contribution in [2.24, 2.45) is 23.5 Å². The SMILES string of the molecule is COc1ccc(OC(=O)Nc2ccc(-c3ccc(O)c4c3C[C@@H](C[C@@H](CCO)C(CO)C(=O)CC(N)=O)CC4=O)cc2)cc1.O. The van der Waals surface area contributed by atoms with Crippen LogP contribution in [-0.2, 0) is 16.0 Å². The third kappa shape index (κ3) is 8.66. The number of anilines is 1. The molecule has 0 bridgehead atoms. The molecule has 0 spiro atoms. The van der Waals surface area contributed by atoms with Gasteiger partial charge in [0.25, 0.3) is 0 Å². The van der Waals surface area contributed by atoms with E-state index in [2.05, 4.69) is 5.32 Å². The molecule has 240 valence electrons. The molecule has 3 aromatic rings. The number of aromatic hydroxyl groups is 1. The quantitative estimate of drug-likeness (QED) is 0.177. The Morgan fingerprint density at radius 2 is 1.64 bits per heavy atom. The number of ether oxygens (including phenoxy) is 2. The number of methoxy groups -OCH3 is 1. The number of hydrogen-bond donors (Lipinski definition) is 5. The number of nitrogens with two attached hydrogens (primary N) is 1. The van der Waals surface area contributed by atoms with Gasteiger partial charge in [-0.1, -0.05) is 18.2 Å². The van der Waals surface area contributed by atoms with E-state index in [-0.39, 0.29) is 47.9 Å². The number of carbonyl (C=O) groups excluding carboxylic acids is 4. The third-order valence-corrected chi connectivity index (χ3v) is 7.91. The van der Waals surface area contributed by atoms with E-state index in [0.717, 1.165) is 11.1 Å². The van der Waals surface area contributed by atoms with Crippen LogP contribution in [0.5, 0.6) is 17.2 Å². The summed E-state index contributed by atoms with van der Waals surface area (Å²) in [6, 6.07) is 16.7. The Hall–Kier alpha value is -4.78. The first-order valence-corrected chi connectivity index (χ1v) is 14.3. The van der Waals surface area contributed by atoms with E-state index >= 15 is 0 Å². The van der Waals surface area contributed by atoms with Crippen LogP contribution < -0.4 is 20.5 Å². The Morgan fingerprint density at radius 1 is 0.978 bits per heavy atom. The number of benzene rings is 3. The average molecular weight is 623 g/mol. The topological polar surface area (TPSA) is 217 Å². The standard InChI is InChI=1S/C33H36N2O9.H2O/c1-43-23-6-8-24(9-7-23)44-33(42)35-22-4-2-20(3-5-22)25-10-11-28(38)32-26(25)15-19(16-30(32)40)14-21(12-13-36)27(18-37)29(39)17-31(34)41;/h2-11,19,21,27,36-38H,12-18H2,1H3,(H2,34,41)(H,35,42);1H2/t19-,21-,27?;/m1./s1. The normalized spacial score (nSPS) is 15.2. The Morgan fingerprint density at radius 3 is 2.24 bits per heavy atom. The zero-order chi connectivity index (χ0) is 31.8. The van der Waals surface area contributed by atoms with E-state index in [0.29, 0.717) is 35.6 Å². The Kier molecular flexibility index (Phi) is 12.2. The van der Waals surface area contributed by atoms with Gasteiger partial charge in [0.15, 0.2) is 5.78 Å². The van der Waals surface area contributed by atoms with Crippen LogP contribution in [0.25, 0.3) is 11.1 Å². The number of primary amides is 1. The summed E-state index contributed by atoms with van der Waals surface area (Å²) in [6.45, 7) is -0.740. The zero-order valence-corrected chi connectivity index (χ0v) is 24.8. The molecular weight excluding hydrogens is 584 g/mol. The van der Waals surface area contributed by atoms with Crippen molar-refractivity contribution < 1.29 is 49.4 Å². The molecule has 0 fully saturated rings. The summed E-state index contributed by atoms with van der Waals surface area (Å²) >= 11 is 0. The molecule has 0 heterocycles. The van der Waals surface area contributed by atoms with Crippen LogP contribution >= 0.6 is 0 Å². The molecule has 1 aliphatic rings. The number of Topliss-reactive ketones (excluding diaryl/α,β-unsaturated/α-hetero) is 2. The van der Waals surface area contributed by atoms with Crippen LogP contribution in [0.2, 0.25) is 0 Å². The number of amides is 2. The lowest BCUT2D eigenvalue weighted by Crippen LogP contribution is -2.33. The number of phenolic OH excluding ortho intramolecular Hbond substituents is 1. The minimum absolute atomic E-state index is 0. The van der Waals surface area contributed by atoms with Gasteiger partial charge in [0.05, 0.1) is 25.7 Å². The number of ketones is 2. The molecule has 1 unspecified atom stereocenters. The Bertz CT molecular complexity index is 1510. The number of fused-ring (bicyclic) bond motifs is 1. The van der Waals surface area contributed by atoms with Gasteiger partial charge in [0, 0.05) is 24.6 Å². The molecule has 3 aromatic carbocycles. The fraction of sp³-hybridized carbons (Fsp3) is 0.333. The number of aliphatic hydroxyl groups is 2. The number of hydrogen-bond acceptors (Lipinski definition) is 9. The van der Waals surface area contributed by atoms with Gasteiger partial charge in [0.2, 0.25) is 5.91 Å². The highest BCUT2D eigenvalue weighted by Gasteiger charge is 2.35. The van der Waals surface area contributed by atoms with Gasteiger partial charge < -0.3 is 36.0 Å². The average Bonchev–Trinajstić information content (AvgIpc) is 2.98. The molecule has 45 heavy (non-hydrogen) atoms. The largest absolute Gasteiger partial charge is 0.507 e. The molecular formula is C33H38N2O10. The third-order valence-electron chi connectivity index (χ3n) is 7.91. The van der Waals surface area contributed by atoms with Crippen LogP contribution in [0.1, 0.15) is 41.6 Å². The number of phenols is 1. The molecule has 0 saturated carbocycles. The highest BCUT2D eigenvalue weighted by Crippen LogP contribution is 2.41. The summed E-state index contributed by atoms with van der Waals surface area (Å²) in [5, 5.41) is 32.9. The fourth-order valence-corrected chi connectivity index (χ4v) is 5.84. The monoisotopic (exact) mass is 622 g/mol. The predicted molar refractivity (Wildman–Crippen MR) is 165 cm³/mol. The first-order chi connectivity index (χ1) is 21.1. The number of carbonyl (C=O) groups is 4. The summed E-state index contributed by atoms with van der Waals surface area (Å²) < 4.78 is 10.4. The van der Waals surface area contributed by atoms with Gasteiger partial charge in [-0.2, -0.15) is 0 Å². The second-order valence-electron chi connectivity index (χ2n) is 10.9. The van der Waals surface area contributed by atoms with Gasteiger partial charge >= 0.3 is 6.09 Å². The summed E-state index contributed by atoms with van der Waals surface area (Å²) in [7, 11) is 1.54. The van der Waals surface area contributed by atoms with Crippen LogP contribution in [0.3, 0.4) is 0 Å². The van der Waals surface area contributed by atoms with Gasteiger partial charge in [0.1, 0.15) is 23.0 Å². The first-order valence-electron chi connectivity index (χ1n) is 14.3. The van der Waals surface area contributed by atoms with Gasteiger partial charge in [-0.05, 0) is 90.3 Å². The first kappa shape index (κ1) is 34.7. The van der Waals surface area contributed by atoms with Crippen molar-refractivity contribution in [1.29, 1.82) is 0 Å². The molecule has 1 aliphatic carbocycles. The van der Waals surface area contributed by atoms with Crippen molar-refractivity contribution in [2.45, 2.75) is 32.1 Å². The van der Waals surface area contributed by atoms with Crippen LogP contribution in [0, 0.1) is 17.8 Å². The van der Waals surface area contributed by atoms with E-state index in [4.69, 9.17) is 15.2 Å². The molecule has 4 rings (SSSR count).